The second kappa shape index (κ2) is 2.67. The number of hydrogen-bond donors (Lipinski definition) is 1. The van der Waals surface area contributed by atoms with Gasteiger partial charge in [-0.15, -0.1) is 0 Å². The average molecular weight is 148 g/mol. The molecule has 1 saturated carbocycles. The van der Waals surface area contributed by atoms with Crippen LogP contribution < -0.4 is 5.73 Å². The van der Waals surface area contributed by atoms with Gasteiger partial charge in [0.25, 0.3) is 0 Å². The Morgan fingerprint density at radius 2 is 2.00 bits per heavy atom. The van der Waals surface area contributed by atoms with E-state index in [2.05, 4.69) is 30.0 Å². The molecule has 3 N–H and O–H groups in total. The molecule has 0 heterocycles. The molecule has 1 nitrogen and oxygen atoms in total. The summed E-state index contributed by atoms with van der Waals surface area (Å²) in [7, 11) is 0. The monoisotopic (exact) mass is 148 g/mol. The van der Waals surface area contributed by atoms with Crippen molar-refractivity contribution in [1.82, 2.24) is 0 Å². The van der Waals surface area contributed by atoms with E-state index in [1.54, 1.807) is 5.56 Å². The molecule has 1 aliphatic rings. The van der Waals surface area contributed by atoms with Crippen molar-refractivity contribution in [2.24, 2.45) is 0 Å². The van der Waals surface area contributed by atoms with Crippen molar-refractivity contribution in [3.63, 3.8) is 0 Å². The zero-order valence-electron chi connectivity index (χ0n) is 6.72. The van der Waals surface area contributed by atoms with Gasteiger partial charge in [-0.05, 0) is 24.3 Å². The average Bonchev–Trinajstić information content (AvgIpc) is 2.87. The van der Waals surface area contributed by atoms with Gasteiger partial charge in [-0.25, -0.2) is 0 Å². The molecule has 1 fully saturated rings. The van der Waals surface area contributed by atoms with Gasteiger partial charge >= 0.3 is 0 Å². The molecule has 0 radical (unpaired) electrons. The van der Waals surface area contributed by atoms with Crippen LogP contribution in [0.3, 0.4) is 0 Å². The van der Waals surface area contributed by atoms with Gasteiger partial charge in [0.05, 0.1) is 6.54 Å². The van der Waals surface area contributed by atoms with Gasteiger partial charge in [0.2, 0.25) is 0 Å². The Labute approximate surface area is 67.2 Å². The minimum atomic E-state index is 0.868. The van der Waals surface area contributed by atoms with E-state index in [4.69, 9.17) is 0 Å². The lowest BCUT2D eigenvalue weighted by Crippen LogP contribution is -2.47. The van der Waals surface area contributed by atoms with Crippen molar-refractivity contribution in [1.29, 1.82) is 0 Å². The SMILES string of the molecule is [NH3+]Cc1ccccc1C1CC1. The van der Waals surface area contributed by atoms with E-state index in [-0.39, 0.29) is 0 Å². The van der Waals surface area contributed by atoms with Gasteiger partial charge in [0, 0.05) is 5.56 Å². The molecule has 1 heteroatoms. The summed E-state index contributed by atoms with van der Waals surface area (Å²) in [4.78, 5) is 0. The second-order valence-corrected chi connectivity index (χ2v) is 3.22. The third-order valence-corrected chi connectivity index (χ3v) is 2.34. The van der Waals surface area contributed by atoms with Crippen LogP contribution in [-0.2, 0) is 6.54 Å². The van der Waals surface area contributed by atoms with Crippen molar-refractivity contribution in [2.75, 3.05) is 0 Å². The van der Waals surface area contributed by atoms with Crippen LogP contribution in [0, 0.1) is 0 Å². The van der Waals surface area contributed by atoms with Gasteiger partial charge in [0.15, 0.2) is 0 Å². The molecule has 1 aromatic rings. The summed E-state index contributed by atoms with van der Waals surface area (Å²) in [5.41, 5.74) is 6.91. The third-order valence-electron chi connectivity index (χ3n) is 2.34. The van der Waals surface area contributed by atoms with Crippen LogP contribution in [0.1, 0.15) is 29.9 Å². The molecule has 58 valence electrons. The van der Waals surface area contributed by atoms with Crippen LogP contribution in [-0.4, -0.2) is 0 Å². The first kappa shape index (κ1) is 6.86. The molecule has 0 bridgehead atoms. The first-order valence-corrected chi connectivity index (χ1v) is 4.29. The van der Waals surface area contributed by atoms with Gasteiger partial charge in [-0.3, -0.25) is 0 Å². The predicted molar refractivity (Wildman–Crippen MR) is 45.0 cm³/mol. The zero-order chi connectivity index (χ0) is 7.68. The molecule has 0 amide bonds. The van der Waals surface area contributed by atoms with Crippen LogP contribution >= 0.6 is 0 Å². The highest BCUT2D eigenvalue weighted by molar-refractivity contribution is 5.32. The number of quaternary nitrogens is 1. The van der Waals surface area contributed by atoms with E-state index < -0.39 is 0 Å². The highest BCUT2D eigenvalue weighted by atomic mass is 14.5. The lowest BCUT2D eigenvalue weighted by molar-refractivity contribution is -0.386. The Morgan fingerprint density at radius 1 is 1.27 bits per heavy atom. The Hall–Kier alpha value is -0.820. The lowest BCUT2D eigenvalue weighted by atomic mass is 10.0. The van der Waals surface area contributed by atoms with Gasteiger partial charge in [-0.2, -0.15) is 0 Å². The molecule has 0 saturated heterocycles. The number of benzene rings is 1. The summed E-state index contributed by atoms with van der Waals surface area (Å²) in [5.74, 6) is 0.868. The van der Waals surface area contributed by atoms with Gasteiger partial charge in [0.1, 0.15) is 0 Å². The van der Waals surface area contributed by atoms with Crippen molar-refractivity contribution in [3.05, 3.63) is 35.4 Å². The molecule has 0 aromatic heterocycles. The maximum atomic E-state index is 3.93. The maximum Gasteiger partial charge on any atom is 0.1000 e. The summed E-state index contributed by atoms with van der Waals surface area (Å²) in [6.45, 7) is 0.937. The Kier molecular flexibility index (Phi) is 1.66. The highest BCUT2D eigenvalue weighted by Crippen LogP contribution is 2.41. The quantitative estimate of drug-likeness (QED) is 0.655. The van der Waals surface area contributed by atoms with Gasteiger partial charge in [-0.1, -0.05) is 24.3 Å². The topological polar surface area (TPSA) is 27.6 Å². The number of rotatable bonds is 2. The van der Waals surface area contributed by atoms with E-state index in [1.165, 1.54) is 18.4 Å². The fourth-order valence-electron chi connectivity index (χ4n) is 1.55. The lowest BCUT2D eigenvalue weighted by Gasteiger charge is -2.02. The molecule has 0 aliphatic heterocycles. The normalized spacial score (nSPS) is 16.8. The largest absolute Gasteiger partial charge is 0.354 e. The number of hydrogen-bond acceptors (Lipinski definition) is 0. The second-order valence-electron chi connectivity index (χ2n) is 3.22. The van der Waals surface area contributed by atoms with Crippen LogP contribution in [0.5, 0.6) is 0 Å². The van der Waals surface area contributed by atoms with Gasteiger partial charge < -0.3 is 5.73 Å². The van der Waals surface area contributed by atoms with Crippen molar-refractivity contribution in [2.45, 2.75) is 25.3 Å². The first-order valence-electron chi connectivity index (χ1n) is 4.29. The first-order chi connectivity index (χ1) is 5.42. The summed E-state index contributed by atoms with van der Waals surface area (Å²) < 4.78 is 0. The molecular weight excluding hydrogens is 134 g/mol. The standard InChI is InChI=1S/C10H13N/c11-7-9-3-1-2-4-10(9)8-5-6-8/h1-4,8H,5-7,11H2/p+1. The Bertz CT molecular complexity index is 251. The van der Waals surface area contributed by atoms with E-state index in [9.17, 15) is 0 Å². The maximum absolute atomic E-state index is 3.93. The fourth-order valence-corrected chi connectivity index (χ4v) is 1.55. The molecule has 1 aliphatic carbocycles. The predicted octanol–water partition coefficient (Wildman–Crippen LogP) is 1.31. The fraction of sp³-hybridized carbons (Fsp3) is 0.400. The van der Waals surface area contributed by atoms with E-state index in [1.807, 2.05) is 0 Å². The van der Waals surface area contributed by atoms with E-state index in [0.717, 1.165) is 12.5 Å². The van der Waals surface area contributed by atoms with Crippen molar-refractivity contribution in [3.8, 4) is 0 Å². The summed E-state index contributed by atoms with van der Waals surface area (Å²) >= 11 is 0. The molecule has 0 unspecified atom stereocenters. The minimum absolute atomic E-state index is 0.868. The third kappa shape index (κ3) is 1.29. The Balaban J connectivity index is 2.34. The molecule has 1 aromatic carbocycles. The van der Waals surface area contributed by atoms with Crippen LogP contribution in [0.2, 0.25) is 0 Å². The molecule has 2 rings (SSSR count). The zero-order valence-corrected chi connectivity index (χ0v) is 6.72. The smallest absolute Gasteiger partial charge is 0.1000 e. The van der Waals surface area contributed by atoms with Crippen LogP contribution in [0.25, 0.3) is 0 Å². The minimum Gasteiger partial charge on any atom is -0.354 e. The van der Waals surface area contributed by atoms with E-state index in [0.29, 0.717) is 0 Å². The summed E-state index contributed by atoms with van der Waals surface area (Å²) in [6.07, 6.45) is 2.77. The highest BCUT2D eigenvalue weighted by Gasteiger charge is 2.25. The molecule has 0 spiro atoms. The summed E-state index contributed by atoms with van der Waals surface area (Å²) in [6, 6.07) is 8.68. The molecule has 11 heavy (non-hydrogen) atoms. The molecular formula is C10H14N+. The summed E-state index contributed by atoms with van der Waals surface area (Å²) in [5, 5.41) is 0. The van der Waals surface area contributed by atoms with E-state index >= 15 is 0 Å². The Morgan fingerprint density at radius 3 is 2.64 bits per heavy atom. The molecule has 0 atom stereocenters. The van der Waals surface area contributed by atoms with Crippen LogP contribution in [0.15, 0.2) is 24.3 Å². The van der Waals surface area contributed by atoms with Crippen molar-refractivity contribution < 1.29 is 5.73 Å². The van der Waals surface area contributed by atoms with Crippen molar-refractivity contribution >= 4 is 0 Å². The van der Waals surface area contributed by atoms with Crippen LogP contribution in [0.4, 0.5) is 0 Å².